The summed E-state index contributed by atoms with van der Waals surface area (Å²) in [6.07, 6.45) is 3.53. The zero-order chi connectivity index (χ0) is 15.5. The molecule has 1 aliphatic rings. The molecule has 0 unspecified atom stereocenters. The molecular formula is C17H18FN3O. The average molecular weight is 299 g/mol. The number of carbonyl (C=O) groups is 1. The van der Waals surface area contributed by atoms with Crippen molar-refractivity contribution >= 4 is 11.6 Å². The van der Waals surface area contributed by atoms with Gasteiger partial charge in [-0.25, -0.2) is 4.39 Å². The second kappa shape index (κ2) is 6.13. The SMILES string of the molecule is Cc1ccc(F)cc1C(=O)N1CCN(c2ccncc2)CC1. The van der Waals surface area contributed by atoms with Crippen LogP contribution in [0.4, 0.5) is 10.1 Å². The summed E-state index contributed by atoms with van der Waals surface area (Å²) >= 11 is 0. The van der Waals surface area contributed by atoms with Gasteiger partial charge in [0.15, 0.2) is 0 Å². The van der Waals surface area contributed by atoms with Crippen molar-refractivity contribution in [2.75, 3.05) is 31.1 Å². The lowest BCUT2D eigenvalue weighted by molar-refractivity contribution is 0.0745. The molecule has 1 aromatic heterocycles. The molecule has 2 heterocycles. The fraction of sp³-hybridized carbons (Fsp3) is 0.294. The molecule has 1 fully saturated rings. The number of nitrogens with zero attached hydrogens (tertiary/aromatic N) is 3. The summed E-state index contributed by atoms with van der Waals surface area (Å²) in [5, 5.41) is 0. The molecule has 22 heavy (non-hydrogen) atoms. The first-order chi connectivity index (χ1) is 10.6. The molecule has 1 aromatic carbocycles. The molecule has 3 rings (SSSR count). The highest BCUT2D eigenvalue weighted by molar-refractivity contribution is 5.95. The van der Waals surface area contributed by atoms with Crippen molar-refractivity contribution in [2.45, 2.75) is 6.92 Å². The minimum Gasteiger partial charge on any atom is -0.368 e. The maximum atomic E-state index is 13.4. The molecule has 0 bridgehead atoms. The Kier molecular flexibility index (Phi) is 4.04. The molecule has 0 spiro atoms. The zero-order valence-electron chi connectivity index (χ0n) is 12.5. The number of amides is 1. The lowest BCUT2D eigenvalue weighted by Gasteiger charge is -2.36. The Balaban J connectivity index is 1.68. The predicted octanol–water partition coefficient (Wildman–Crippen LogP) is 2.49. The van der Waals surface area contributed by atoms with Gasteiger partial charge in [0, 0.05) is 49.8 Å². The molecule has 5 heteroatoms. The quantitative estimate of drug-likeness (QED) is 0.855. The highest BCUT2D eigenvalue weighted by atomic mass is 19.1. The molecule has 2 aromatic rings. The van der Waals surface area contributed by atoms with Gasteiger partial charge in [-0.15, -0.1) is 0 Å². The fourth-order valence-electron chi connectivity index (χ4n) is 2.72. The molecule has 4 nitrogen and oxygen atoms in total. The van der Waals surface area contributed by atoms with Gasteiger partial charge in [-0.1, -0.05) is 6.07 Å². The van der Waals surface area contributed by atoms with Crippen LogP contribution in [0.1, 0.15) is 15.9 Å². The normalized spacial score (nSPS) is 15.0. The van der Waals surface area contributed by atoms with Crippen LogP contribution in [0.3, 0.4) is 0 Å². The van der Waals surface area contributed by atoms with Gasteiger partial charge in [-0.3, -0.25) is 9.78 Å². The van der Waals surface area contributed by atoms with Crippen LogP contribution < -0.4 is 4.90 Å². The molecule has 0 atom stereocenters. The van der Waals surface area contributed by atoms with Crippen molar-refractivity contribution in [1.29, 1.82) is 0 Å². The Morgan fingerprint density at radius 1 is 1.09 bits per heavy atom. The third-order valence-electron chi connectivity index (χ3n) is 4.02. The number of piperazine rings is 1. The number of pyridine rings is 1. The number of hydrogen-bond acceptors (Lipinski definition) is 3. The second-order valence-electron chi connectivity index (χ2n) is 5.44. The van der Waals surface area contributed by atoms with Crippen molar-refractivity contribution in [1.82, 2.24) is 9.88 Å². The first kappa shape index (κ1) is 14.5. The third kappa shape index (κ3) is 2.93. The molecule has 0 N–H and O–H groups in total. The van der Waals surface area contributed by atoms with Crippen LogP contribution in [-0.4, -0.2) is 42.0 Å². The summed E-state index contributed by atoms with van der Waals surface area (Å²) in [6.45, 7) is 4.64. The minimum absolute atomic E-state index is 0.0913. The molecule has 1 aliphatic heterocycles. The summed E-state index contributed by atoms with van der Waals surface area (Å²) in [4.78, 5) is 20.6. The monoisotopic (exact) mass is 299 g/mol. The predicted molar refractivity (Wildman–Crippen MR) is 83.5 cm³/mol. The maximum Gasteiger partial charge on any atom is 0.254 e. The summed E-state index contributed by atoms with van der Waals surface area (Å²) in [5.74, 6) is -0.462. The molecule has 0 saturated carbocycles. The van der Waals surface area contributed by atoms with Gasteiger partial charge < -0.3 is 9.80 Å². The molecule has 0 radical (unpaired) electrons. The first-order valence-electron chi connectivity index (χ1n) is 7.35. The van der Waals surface area contributed by atoms with Crippen LogP contribution in [-0.2, 0) is 0 Å². The number of carbonyl (C=O) groups excluding carboxylic acids is 1. The van der Waals surface area contributed by atoms with Gasteiger partial charge in [0.25, 0.3) is 5.91 Å². The first-order valence-corrected chi connectivity index (χ1v) is 7.35. The number of benzene rings is 1. The summed E-state index contributed by atoms with van der Waals surface area (Å²) in [5.41, 5.74) is 2.38. The number of aromatic nitrogens is 1. The van der Waals surface area contributed by atoms with Crippen molar-refractivity contribution in [2.24, 2.45) is 0 Å². The van der Waals surface area contributed by atoms with Crippen molar-refractivity contribution in [3.8, 4) is 0 Å². The van der Waals surface area contributed by atoms with Crippen LogP contribution in [0.25, 0.3) is 0 Å². The van der Waals surface area contributed by atoms with E-state index in [4.69, 9.17) is 0 Å². The minimum atomic E-state index is -0.371. The standard InChI is InChI=1S/C17H18FN3O/c1-13-2-3-14(18)12-16(13)17(22)21-10-8-20(9-11-21)15-4-6-19-7-5-15/h2-7,12H,8-11H2,1H3. The Labute approximate surface area is 129 Å². The van der Waals surface area contributed by atoms with Crippen molar-refractivity contribution in [3.05, 3.63) is 59.7 Å². The number of hydrogen-bond donors (Lipinski definition) is 0. The number of aryl methyl sites for hydroxylation is 1. The van der Waals surface area contributed by atoms with E-state index in [1.165, 1.54) is 12.1 Å². The number of anilines is 1. The third-order valence-corrected chi connectivity index (χ3v) is 4.02. The fourth-order valence-corrected chi connectivity index (χ4v) is 2.72. The molecular weight excluding hydrogens is 281 g/mol. The lowest BCUT2D eigenvalue weighted by atomic mass is 10.1. The van der Waals surface area contributed by atoms with E-state index >= 15 is 0 Å². The van der Waals surface area contributed by atoms with Crippen LogP contribution >= 0.6 is 0 Å². The second-order valence-corrected chi connectivity index (χ2v) is 5.44. The topological polar surface area (TPSA) is 36.4 Å². The van der Waals surface area contributed by atoms with Crippen molar-refractivity contribution < 1.29 is 9.18 Å². The average Bonchev–Trinajstić information content (AvgIpc) is 2.57. The number of halogens is 1. The van der Waals surface area contributed by atoms with Gasteiger partial charge in [0.2, 0.25) is 0 Å². The maximum absolute atomic E-state index is 13.4. The lowest BCUT2D eigenvalue weighted by Crippen LogP contribution is -2.49. The van der Waals surface area contributed by atoms with E-state index in [9.17, 15) is 9.18 Å². The Morgan fingerprint density at radius 2 is 1.77 bits per heavy atom. The Bertz CT molecular complexity index is 667. The van der Waals surface area contributed by atoms with Crippen LogP contribution in [0, 0.1) is 12.7 Å². The Hall–Kier alpha value is -2.43. The molecule has 0 aliphatic carbocycles. The summed E-state index contributed by atoms with van der Waals surface area (Å²) in [7, 11) is 0. The highest BCUT2D eigenvalue weighted by Gasteiger charge is 2.23. The smallest absolute Gasteiger partial charge is 0.254 e. The van der Waals surface area contributed by atoms with E-state index in [1.54, 1.807) is 23.4 Å². The van der Waals surface area contributed by atoms with E-state index in [0.717, 1.165) is 24.3 Å². The van der Waals surface area contributed by atoms with Crippen LogP contribution in [0.2, 0.25) is 0 Å². The van der Waals surface area contributed by atoms with Gasteiger partial charge in [0.05, 0.1) is 0 Å². The van der Waals surface area contributed by atoms with E-state index in [0.29, 0.717) is 18.7 Å². The number of rotatable bonds is 2. The molecule has 114 valence electrons. The largest absolute Gasteiger partial charge is 0.368 e. The van der Waals surface area contributed by atoms with Gasteiger partial charge >= 0.3 is 0 Å². The Morgan fingerprint density at radius 3 is 2.45 bits per heavy atom. The molecule has 1 saturated heterocycles. The van der Waals surface area contributed by atoms with E-state index in [-0.39, 0.29) is 11.7 Å². The summed E-state index contributed by atoms with van der Waals surface area (Å²) < 4.78 is 13.4. The summed E-state index contributed by atoms with van der Waals surface area (Å²) in [6, 6.07) is 8.29. The van der Waals surface area contributed by atoms with Gasteiger partial charge in [0.1, 0.15) is 5.82 Å². The molecule has 1 amide bonds. The van der Waals surface area contributed by atoms with Gasteiger partial charge in [-0.05, 0) is 36.8 Å². The highest BCUT2D eigenvalue weighted by Crippen LogP contribution is 2.18. The van der Waals surface area contributed by atoms with E-state index in [1.807, 2.05) is 19.1 Å². The van der Waals surface area contributed by atoms with Gasteiger partial charge in [-0.2, -0.15) is 0 Å². The van der Waals surface area contributed by atoms with E-state index in [2.05, 4.69) is 9.88 Å². The van der Waals surface area contributed by atoms with Crippen LogP contribution in [0.5, 0.6) is 0 Å². The zero-order valence-corrected chi connectivity index (χ0v) is 12.5. The van der Waals surface area contributed by atoms with Crippen LogP contribution in [0.15, 0.2) is 42.7 Å². The van der Waals surface area contributed by atoms with Crippen molar-refractivity contribution in [3.63, 3.8) is 0 Å². The van der Waals surface area contributed by atoms with E-state index < -0.39 is 0 Å².